The number of amidine groups is 1. The van der Waals surface area contributed by atoms with E-state index in [9.17, 15) is 15.0 Å². The van der Waals surface area contributed by atoms with Gasteiger partial charge in [-0.2, -0.15) is 9.98 Å². The molecule has 3 atom stereocenters. The number of urea groups is 1. The van der Waals surface area contributed by atoms with Gasteiger partial charge in [-0.3, -0.25) is 4.90 Å². The number of hydrogen-bond acceptors (Lipinski definition) is 6. The summed E-state index contributed by atoms with van der Waals surface area (Å²) in [6.45, 7) is -0.243. The molecular weight excluding hydrogens is 244 g/mol. The van der Waals surface area contributed by atoms with Crippen LogP contribution in [0.3, 0.4) is 0 Å². The first kappa shape index (κ1) is 11.4. The van der Waals surface area contributed by atoms with Crippen molar-refractivity contribution in [3.63, 3.8) is 0 Å². The molecule has 3 unspecified atom stereocenters. The fourth-order valence-corrected chi connectivity index (χ4v) is 2.12. The predicted molar refractivity (Wildman–Crippen MR) is 57.8 cm³/mol. The van der Waals surface area contributed by atoms with Crippen LogP contribution in [-0.4, -0.2) is 74.8 Å². The van der Waals surface area contributed by atoms with Crippen molar-refractivity contribution in [2.45, 2.75) is 24.9 Å². The van der Waals surface area contributed by atoms with E-state index in [1.165, 1.54) is 9.80 Å². The van der Waals surface area contributed by atoms with Crippen LogP contribution in [0.1, 0.15) is 6.42 Å². The molecule has 1 fully saturated rings. The number of carbonyl (C=O) groups is 1. The van der Waals surface area contributed by atoms with E-state index in [1.54, 1.807) is 0 Å². The Morgan fingerprint density at radius 1 is 1.44 bits per heavy atom. The fraction of sp³-hybridized carbons (Fsp3) is 0.667. The van der Waals surface area contributed by atoms with Crippen LogP contribution in [0.5, 0.6) is 0 Å². The zero-order chi connectivity index (χ0) is 12.9. The number of fused-ring (bicyclic) bond motifs is 1. The van der Waals surface area contributed by atoms with Crippen molar-refractivity contribution >= 4 is 18.0 Å². The zero-order valence-electron chi connectivity index (χ0n) is 9.30. The minimum absolute atomic E-state index is 0.0720. The Hall–Kier alpha value is -1.71. The highest BCUT2D eigenvalue weighted by Crippen LogP contribution is 2.26. The van der Waals surface area contributed by atoms with Crippen LogP contribution < -0.4 is 0 Å². The molecule has 3 aliphatic heterocycles. The van der Waals surface area contributed by atoms with E-state index in [1.807, 2.05) is 0 Å². The summed E-state index contributed by atoms with van der Waals surface area (Å²) in [4.78, 5) is 21.6. The minimum atomic E-state index is -0.822. The van der Waals surface area contributed by atoms with Gasteiger partial charge < -0.3 is 20.1 Å². The van der Waals surface area contributed by atoms with Crippen molar-refractivity contribution < 1.29 is 24.9 Å². The molecule has 0 saturated carbocycles. The van der Waals surface area contributed by atoms with Gasteiger partial charge in [0.25, 0.3) is 0 Å². The quantitative estimate of drug-likeness (QED) is 0.549. The van der Waals surface area contributed by atoms with Crippen molar-refractivity contribution in [2.75, 3.05) is 13.3 Å². The standard InChI is InChI=1S/C9H12N4O5/c14-2-5-4(15)1-6(18-5)12-3-13-7(10-8(12)16)11-9(13)17/h4-6,14-15H,1-3H2,(H,10,11,16,17). The second-order valence-electron chi connectivity index (χ2n) is 4.26. The van der Waals surface area contributed by atoms with Gasteiger partial charge in [0.1, 0.15) is 19.0 Å². The second kappa shape index (κ2) is 3.90. The van der Waals surface area contributed by atoms with Crippen LogP contribution in [0, 0.1) is 0 Å². The molecule has 3 rings (SSSR count). The van der Waals surface area contributed by atoms with Crippen molar-refractivity contribution in [2.24, 2.45) is 9.98 Å². The Kier molecular flexibility index (Phi) is 2.47. The third-order valence-electron chi connectivity index (χ3n) is 3.15. The maximum absolute atomic E-state index is 11.7. The number of rotatable bonds is 2. The van der Waals surface area contributed by atoms with E-state index >= 15 is 0 Å². The molecule has 3 aliphatic rings. The lowest BCUT2D eigenvalue weighted by atomic mass is 10.2. The second-order valence-corrected chi connectivity index (χ2v) is 4.26. The van der Waals surface area contributed by atoms with Crippen LogP contribution in [0.25, 0.3) is 0 Å². The van der Waals surface area contributed by atoms with Gasteiger partial charge in [0.2, 0.25) is 5.96 Å². The molecule has 18 heavy (non-hydrogen) atoms. The Labute approximate surface area is 102 Å². The van der Waals surface area contributed by atoms with Crippen LogP contribution >= 0.6 is 0 Å². The van der Waals surface area contributed by atoms with Crippen molar-refractivity contribution in [1.29, 1.82) is 0 Å². The van der Waals surface area contributed by atoms with E-state index in [4.69, 9.17) is 9.84 Å². The lowest BCUT2D eigenvalue weighted by Gasteiger charge is -2.38. The molecule has 0 aromatic rings. The Morgan fingerprint density at radius 3 is 2.83 bits per heavy atom. The molecule has 0 spiro atoms. The summed E-state index contributed by atoms with van der Waals surface area (Å²) < 4.78 is 5.36. The number of aliphatic hydroxyl groups excluding tert-OH is 3. The minimum Gasteiger partial charge on any atom is -0.480 e. The zero-order valence-corrected chi connectivity index (χ0v) is 9.30. The molecule has 9 nitrogen and oxygen atoms in total. The normalized spacial score (nSPS) is 35.0. The summed E-state index contributed by atoms with van der Waals surface area (Å²) in [5.41, 5.74) is 0. The van der Waals surface area contributed by atoms with Gasteiger partial charge in [-0.15, -0.1) is 0 Å². The number of amides is 2. The number of ether oxygens (including phenoxy) is 1. The summed E-state index contributed by atoms with van der Waals surface area (Å²) in [5.74, 6) is 0.172. The van der Waals surface area contributed by atoms with Crippen LogP contribution in [0.2, 0.25) is 0 Å². The summed E-state index contributed by atoms with van der Waals surface area (Å²) >= 11 is 0. The Bertz CT molecular complexity index is 450. The Morgan fingerprint density at radius 2 is 2.22 bits per heavy atom. The first-order chi connectivity index (χ1) is 8.60. The average molecular weight is 256 g/mol. The maximum Gasteiger partial charge on any atom is 0.350 e. The van der Waals surface area contributed by atoms with E-state index < -0.39 is 24.5 Å². The molecule has 9 heteroatoms. The van der Waals surface area contributed by atoms with Gasteiger partial charge >= 0.3 is 12.1 Å². The van der Waals surface area contributed by atoms with Crippen molar-refractivity contribution in [3.8, 4) is 0 Å². The highest BCUT2D eigenvalue weighted by molar-refractivity contribution is 6.13. The SMILES string of the molecule is O=C1N=C2N=C(O)N2CN1C1CC(O)C(CO)O1. The molecule has 0 aliphatic carbocycles. The molecule has 2 amide bonds. The molecule has 0 radical (unpaired) electrons. The molecule has 3 heterocycles. The number of aliphatic imine (C=N–C) groups is 2. The first-order valence-electron chi connectivity index (χ1n) is 5.49. The van der Waals surface area contributed by atoms with Gasteiger partial charge in [0.05, 0.1) is 12.7 Å². The summed E-state index contributed by atoms with van der Waals surface area (Å²) in [6.07, 6.45) is -1.99. The van der Waals surface area contributed by atoms with Gasteiger partial charge in [-0.1, -0.05) is 0 Å². The lowest BCUT2D eigenvalue weighted by molar-refractivity contribution is -0.0695. The number of hydrogen-bond donors (Lipinski definition) is 3. The first-order valence-corrected chi connectivity index (χ1v) is 5.49. The van der Waals surface area contributed by atoms with Gasteiger partial charge in [-0.05, 0) is 0 Å². The molecule has 1 saturated heterocycles. The van der Waals surface area contributed by atoms with E-state index in [0.29, 0.717) is 0 Å². The van der Waals surface area contributed by atoms with Crippen LogP contribution in [0.15, 0.2) is 9.98 Å². The number of carbonyl (C=O) groups excluding carboxylic acids is 1. The molecule has 3 N–H and O–H groups in total. The van der Waals surface area contributed by atoms with Gasteiger partial charge in [0.15, 0.2) is 0 Å². The third-order valence-corrected chi connectivity index (χ3v) is 3.15. The maximum atomic E-state index is 11.7. The van der Waals surface area contributed by atoms with Crippen molar-refractivity contribution in [1.82, 2.24) is 9.80 Å². The van der Waals surface area contributed by atoms with E-state index in [-0.39, 0.29) is 31.7 Å². The summed E-state index contributed by atoms with van der Waals surface area (Å²) in [6, 6.07) is -0.739. The lowest BCUT2D eigenvalue weighted by Crippen LogP contribution is -2.58. The monoisotopic (exact) mass is 256 g/mol. The number of nitrogens with zero attached hydrogens (tertiary/aromatic N) is 4. The van der Waals surface area contributed by atoms with E-state index in [0.717, 1.165) is 0 Å². The Balaban J connectivity index is 1.74. The average Bonchev–Trinajstić information content (AvgIpc) is 2.69. The molecule has 0 aromatic heterocycles. The third kappa shape index (κ3) is 1.55. The fourth-order valence-electron chi connectivity index (χ4n) is 2.12. The number of guanidine groups is 1. The predicted octanol–water partition coefficient (Wildman–Crippen LogP) is -1.57. The molecule has 0 bridgehead atoms. The van der Waals surface area contributed by atoms with E-state index in [2.05, 4.69) is 9.98 Å². The number of aliphatic hydroxyl groups is 3. The highest BCUT2D eigenvalue weighted by atomic mass is 16.5. The molecular formula is C9H12N4O5. The highest BCUT2D eigenvalue weighted by Gasteiger charge is 2.43. The van der Waals surface area contributed by atoms with Gasteiger partial charge in [-0.25, -0.2) is 9.69 Å². The molecule has 0 aromatic carbocycles. The van der Waals surface area contributed by atoms with Gasteiger partial charge in [0, 0.05) is 6.42 Å². The topological polar surface area (TPSA) is 118 Å². The summed E-state index contributed by atoms with van der Waals surface area (Å²) in [5, 5.41) is 27.9. The largest absolute Gasteiger partial charge is 0.480 e. The summed E-state index contributed by atoms with van der Waals surface area (Å²) in [7, 11) is 0. The van der Waals surface area contributed by atoms with Crippen molar-refractivity contribution in [3.05, 3.63) is 0 Å². The molecule has 98 valence electrons. The van der Waals surface area contributed by atoms with Crippen LogP contribution in [0.4, 0.5) is 4.79 Å². The van der Waals surface area contributed by atoms with Crippen LogP contribution in [-0.2, 0) is 4.74 Å². The smallest absolute Gasteiger partial charge is 0.350 e.